The molecule has 1 aromatic carbocycles. The van der Waals surface area contributed by atoms with E-state index in [1.165, 1.54) is 5.52 Å². The predicted octanol–water partition coefficient (Wildman–Crippen LogP) is 4.38. The molecule has 0 aliphatic carbocycles. The summed E-state index contributed by atoms with van der Waals surface area (Å²) in [5.74, 6) is 1.41. The van der Waals surface area contributed by atoms with Crippen LogP contribution in [0.1, 0.15) is 39.6 Å². The van der Waals surface area contributed by atoms with E-state index in [-0.39, 0.29) is 5.41 Å². The van der Waals surface area contributed by atoms with Crippen molar-refractivity contribution >= 4 is 22.6 Å². The molecule has 0 aliphatic rings. The molecule has 92 valence electrons. The average molecular weight is 251 g/mol. The number of alkyl halides is 1. The highest BCUT2D eigenvalue weighted by Gasteiger charge is 2.25. The van der Waals surface area contributed by atoms with Gasteiger partial charge < -0.3 is 4.57 Å². The Hall–Kier alpha value is -1.02. The van der Waals surface area contributed by atoms with Crippen LogP contribution < -0.4 is 0 Å². The van der Waals surface area contributed by atoms with Crippen molar-refractivity contribution in [2.24, 2.45) is 5.41 Å². The summed E-state index contributed by atoms with van der Waals surface area (Å²) < 4.78 is 2.27. The summed E-state index contributed by atoms with van der Waals surface area (Å²) in [5.41, 5.74) is 2.38. The highest BCUT2D eigenvalue weighted by Crippen LogP contribution is 2.34. The molecule has 0 N–H and O–H groups in total. The first-order valence-corrected chi connectivity index (χ1v) is 6.50. The van der Waals surface area contributed by atoms with Gasteiger partial charge in [-0.25, -0.2) is 4.98 Å². The number of halogens is 1. The maximum atomic E-state index is 6.01. The minimum Gasteiger partial charge on any atom is -0.324 e. The Kier molecular flexibility index (Phi) is 3.17. The SMILES string of the molecule is CC(n1c(CCl)nc2ccccc21)C(C)(C)C. The summed E-state index contributed by atoms with van der Waals surface area (Å²) in [4.78, 5) is 4.60. The van der Waals surface area contributed by atoms with Crippen molar-refractivity contribution in [2.75, 3.05) is 0 Å². The van der Waals surface area contributed by atoms with Crippen molar-refractivity contribution < 1.29 is 0 Å². The average Bonchev–Trinajstić information content (AvgIpc) is 2.64. The van der Waals surface area contributed by atoms with E-state index >= 15 is 0 Å². The third-order valence-corrected chi connectivity index (χ3v) is 3.67. The standard InChI is InChI=1S/C14H19ClN2/c1-10(14(2,3)4)17-12-8-6-5-7-11(12)16-13(17)9-15/h5-8,10H,9H2,1-4H3. The van der Waals surface area contributed by atoms with Crippen LogP contribution in [0.5, 0.6) is 0 Å². The van der Waals surface area contributed by atoms with Crippen LogP contribution in [0.4, 0.5) is 0 Å². The largest absolute Gasteiger partial charge is 0.324 e. The van der Waals surface area contributed by atoms with Gasteiger partial charge in [0, 0.05) is 6.04 Å². The Balaban J connectivity index is 2.66. The molecule has 1 unspecified atom stereocenters. The molecule has 2 nitrogen and oxygen atoms in total. The zero-order valence-corrected chi connectivity index (χ0v) is 11.6. The Bertz CT molecular complexity index is 522. The second kappa shape index (κ2) is 4.34. The lowest BCUT2D eigenvalue weighted by Crippen LogP contribution is -2.22. The van der Waals surface area contributed by atoms with Crippen molar-refractivity contribution in [3.8, 4) is 0 Å². The molecule has 0 fully saturated rings. The van der Waals surface area contributed by atoms with Crippen LogP contribution in [0.2, 0.25) is 0 Å². The number of fused-ring (bicyclic) bond motifs is 1. The number of hydrogen-bond acceptors (Lipinski definition) is 1. The molecule has 0 saturated heterocycles. The maximum Gasteiger partial charge on any atom is 0.125 e. The van der Waals surface area contributed by atoms with Crippen LogP contribution in [0, 0.1) is 5.41 Å². The number of para-hydroxylation sites is 2. The minimum absolute atomic E-state index is 0.185. The lowest BCUT2D eigenvalue weighted by molar-refractivity contribution is 0.264. The molecule has 0 saturated carbocycles. The zero-order valence-electron chi connectivity index (χ0n) is 10.9. The fraction of sp³-hybridized carbons (Fsp3) is 0.500. The van der Waals surface area contributed by atoms with E-state index in [9.17, 15) is 0 Å². The van der Waals surface area contributed by atoms with E-state index in [1.807, 2.05) is 18.2 Å². The zero-order chi connectivity index (χ0) is 12.6. The third-order valence-electron chi connectivity index (χ3n) is 3.43. The summed E-state index contributed by atoms with van der Waals surface area (Å²) in [6.07, 6.45) is 0. The molecule has 0 aliphatic heterocycles. The molecule has 0 radical (unpaired) electrons. The fourth-order valence-corrected chi connectivity index (χ4v) is 2.20. The van der Waals surface area contributed by atoms with Crippen molar-refractivity contribution in [3.63, 3.8) is 0 Å². The summed E-state index contributed by atoms with van der Waals surface area (Å²) in [6.45, 7) is 8.95. The van der Waals surface area contributed by atoms with E-state index in [4.69, 9.17) is 11.6 Å². The number of hydrogen-bond donors (Lipinski definition) is 0. The molecule has 1 heterocycles. The summed E-state index contributed by atoms with van der Waals surface area (Å²) >= 11 is 6.01. The molecule has 0 amide bonds. The highest BCUT2D eigenvalue weighted by molar-refractivity contribution is 6.16. The van der Waals surface area contributed by atoms with E-state index in [2.05, 4.69) is 43.3 Å². The first kappa shape index (κ1) is 12.4. The van der Waals surface area contributed by atoms with Gasteiger partial charge in [-0.1, -0.05) is 32.9 Å². The van der Waals surface area contributed by atoms with E-state index < -0.39 is 0 Å². The molecule has 1 atom stereocenters. The molecule has 0 spiro atoms. The topological polar surface area (TPSA) is 17.8 Å². The first-order valence-electron chi connectivity index (χ1n) is 5.97. The smallest absolute Gasteiger partial charge is 0.125 e. The number of rotatable bonds is 2. The van der Waals surface area contributed by atoms with Crippen LogP contribution in [-0.4, -0.2) is 9.55 Å². The predicted molar refractivity (Wildman–Crippen MR) is 73.5 cm³/mol. The molecule has 2 rings (SSSR count). The highest BCUT2D eigenvalue weighted by atomic mass is 35.5. The van der Waals surface area contributed by atoms with Crippen molar-refractivity contribution in [1.82, 2.24) is 9.55 Å². The van der Waals surface area contributed by atoms with Crippen LogP contribution in [0.25, 0.3) is 11.0 Å². The fourth-order valence-electron chi connectivity index (χ4n) is 2.01. The molecular formula is C14H19ClN2. The van der Waals surface area contributed by atoms with Crippen LogP contribution in [0.15, 0.2) is 24.3 Å². The summed E-state index contributed by atoms with van der Waals surface area (Å²) in [7, 11) is 0. The van der Waals surface area contributed by atoms with Gasteiger partial charge in [-0.15, -0.1) is 11.6 Å². The normalized spacial score (nSPS) is 14.2. The first-order chi connectivity index (χ1) is 7.95. The van der Waals surface area contributed by atoms with Crippen LogP contribution >= 0.6 is 11.6 Å². The Morgan fingerprint density at radius 1 is 1.29 bits per heavy atom. The van der Waals surface area contributed by atoms with Gasteiger partial charge >= 0.3 is 0 Å². The van der Waals surface area contributed by atoms with E-state index in [1.54, 1.807) is 0 Å². The van der Waals surface area contributed by atoms with E-state index in [0.29, 0.717) is 11.9 Å². The van der Waals surface area contributed by atoms with Gasteiger partial charge in [-0.05, 0) is 24.5 Å². The van der Waals surface area contributed by atoms with Gasteiger partial charge in [0.1, 0.15) is 5.82 Å². The second-order valence-corrected chi connectivity index (χ2v) is 5.83. The van der Waals surface area contributed by atoms with Gasteiger partial charge in [0.25, 0.3) is 0 Å². The van der Waals surface area contributed by atoms with Gasteiger partial charge in [-0.3, -0.25) is 0 Å². The van der Waals surface area contributed by atoms with Gasteiger partial charge in [0.2, 0.25) is 0 Å². The summed E-state index contributed by atoms with van der Waals surface area (Å²) in [5, 5.41) is 0. The molecule has 17 heavy (non-hydrogen) atoms. The number of imidazole rings is 1. The van der Waals surface area contributed by atoms with Crippen molar-refractivity contribution in [3.05, 3.63) is 30.1 Å². The molecule has 3 heteroatoms. The number of nitrogens with zero attached hydrogens (tertiary/aromatic N) is 2. The molecule has 1 aromatic heterocycles. The third kappa shape index (κ3) is 2.19. The second-order valence-electron chi connectivity index (χ2n) is 5.56. The summed E-state index contributed by atoms with van der Waals surface area (Å²) in [6, 6.07) is 8.58. The molecule has 0 bridgehead atoms. The van der Waals surface area contributed by atoms with Crippen molar-refractivity contribution in [1.29, 1.82) is 0 Å². The Labute approximate surface area is 108 Å². The van der Waals surface area contributed by atoms with Crippen LogP contribution in [0.3, 0.4) is 0 Å². The minimum atomic E-state index is 0.185. The Morgan fingerprint density at radius 3 is 2.53 bits per heavy atom. The van der Waals surface area contributed by atoms with Gasteiger partial charge in [0.15, 0.2) is 0 Å². The van der Waals surface area contributed by atoms with Crippen LogP contribution in [-0.2, 0) is 5.88 Å². The van der Waals surface area contributed by atoms with Gasteiger partial charge in [0.05, 0.1) is 16.9 Å². The maximum absolute atomic E-state index is 6.01. The lowest BCUT2D eigenvalue weighted by Gasteiger charge is -2.30. The Morgan fingerprint density at radius 2 is 1.94 bits per heavy atom. The molecule has 2 aromatic rings. The monoisotopic (exact) mass is 250 g/mol. The number of benzene rings is 1. The quantitative estimate of drug-likeness (QED) is 0.723. The molecular weight excluding hydrogens is 232 g/mol. The number of aromatic nitrogens is 2. The van der Waals surface area contributed by atoms with E-state index in [0.717, 1.165) is 11.3 Å². The lowest BCUT2D eigenvalue weighted by atomic mass is 9.87. The van der Waals surface area contributed by atoms with Crippen molar-refractivity contribution in [2.45, 2.75) is 39.6 Å². The van der Waals surface area contributed by atoms with Gasteiger partial charge in [-0.2, -0.15) is 0 Å².